The lowest BCUT2D eigenvalue weighted by atomic mass is 10.1. The summed E-state index contributed by atoms with van der Waals surface area (Å²) in [6.45, 7) is 0.893. The van der Waals surface area contributed by atoms with Gasteiger partial charge in [0.1, 0.15) is 6.10 Å². The Morgan fingerprint density at radius 2 is 2.04 bits per heavy atom. The third-order valence-corrected chi connectivity index (χ3v) is 4.15. The number of aromatic nitrogens is 1. The van der Waals surface area contributed by atoms with E-state index in [0.717, 1.165) is 0 Å². The molecular weight excluding hydrogens is 334 g/mol. The minimum atomic E-state index is -0.543. The summed E-state index contributed by atoms with van der Waals surface area (Å²) in [6.07, 6.45) is 1.94. The van der Waals surface area contributed by atoms with E-state index in [2.05, 4.69) is 4.98 Å². The summed E-state index contributed by atoms with van der Waals surface area (Å²) in [7, 11) is 1.28. The van der Waals surface area contributed by atoms with Crippen molar-refractivity contribution in [3.63, 3.8) is 0 Å². The number of hydrogen-bond donors (Lipinski definition) is 0. The highest BCUT2D eigenvalue weighted by molar-refractivity contribution is 6.05. The average Bonchev–Trinajstić information content (AvgIpc) is 3.15. The summed E-state index contributed by atoms with van der Waals surface area (Å²) < 4.78 is 10.5. The number of ether oxygens (including phenoxy) is 2. The van der Waals surface area contributed by atoms with Gasteiger partial charge in [-0.05, 0) is 18.2 Å². The van der Waals surface area contributed by atoms with Crippen molar-refractivity contribution < 1.29 is 19.1 Å². The molecular formula is C19H17N3O4. The predicted octanol–water partition coefficient (Wildman–Crippen LogP) is 2.03. The van der Waals surface area contributed by atoms with Gasteiger partial charge in [-0.2, -0.15) is 5.26 Å². The molecule has 1 aromatic heterocycles. The molecule has 1 unspecified atom stereocenters. The van der Waals surface area contributed by atoms with E-state index in [4.69, 9.17) is 14.7 Å². The number of benzene rings is 1. The molecule has 0 bridgehead atoms. The minimum Gasteiger partial charge on any atom is -0.472 e. The van der Waals surface area contributed by atoms with Crippen molar-refractivity contribution in [3.8, 4) is 11.9 Å². The van der Waals surface area contributed by atoms with Gasteiger partial charge in [0.15, 0.2) is 0 Å². The summed E-state index contributed by atoms with van der Waals surface area (Å²) in [4.78, 5) is 30.4. The van der Waals surface area contributed by atoms with Crippen LogP contribution in [0, 0.1) is 11.3 Å². The zero-order valence-electron chi connectivity index (χ0n) is 14.2. The van der Waals surface area contributed by atoms with E-state index in [1.165, 1.54) is 13.3 Å². The smallest absolute Gasteiger partial charge is 0.338 e. The van der Waals surface area contributed by atoms with Gasteiger partial charge in [-0.3, -0.25) is 4.79 Å². The Morgan fingerprint density at radius 3 is 2.77 bits per heavy atom. The summed E-state index contributed by atoms with van der Waals surface area (Å²) in [5.41, 5.74) is 1.02. The van der Waals surface area contributed by atoms with Crippen molar-refractivity contribution in [1.82, 2.24) is 9.88 Å². The number of hydrogen-bond acceptors (Lipinski definition) is 6. The van der Waals surface area contributed by atoms with E-state index >= 15 is 0 Å². The second kappa shape index (κ2) is 7.66. The largest absolute Gasteiger partial charge is 0.472 e. The number of nitrogens with zero attached hydrogens (tertiary/aromatic N) is 3. The Morgan fingerprint density at radius 1 is 1.27 bits per heavy atom. The lowest BCUT2D eigenvalue weighted by Gasteiger charge is -2.18. The topological polar surface area (TPSA) is 92.5 Å². The lowest BCUT2D eigenvalue weighted by molar-refractivity contribution is 0.0591. The zero-order valence-corrected chi connectivity index (χ0v) is 14.2. The SMILES string of the molecule is COC(=O)c1ccccc1C(=O)N1CCC(Oc2cc(C#N)ccn2)C1. The third kappa shape index (κ3) is 3.64. The molecule has 2 heterocycles. The van der Waals surface area contributed by atoms with Crippen LogP contribution in [0.25, 0.3) is 0 Å². The van der Waals surface area contributed by atoms with Gasteiger partial charge in [0, 0.05) is 25.2 Å². The molecule has 3 rings (SSSR count). The molecule has 1 aromatic carbocycles. The maximum absolute atomic E-state index is 12.8. The molecule has 7 nitrogen and oxygen atoms in total. The summed E-state index contributed by atoms with van der Waals surface area (Å²) >= 11 is 0. The van der Waals surface area contributed by atoms with Crippen LogP contribution in [0.2, 0.25) is 0 Å². The van der Waals surface area contributed by atoms with Crippen LogP contribution in [0.5, 0.6) is 5.88 Å². The van der Waals surface area contributed by atoms with Gasteiger partial charge in [-0.15, -0.1) is 0 Å². The summed E-state index contributed by atoms with van der Waals surface area (Å²) in [6, 6.07) is 11.8. The molecule has 0 N–H and O–H groups in total. The Labute approximate surface area is 150 Å². The molecule has 0 spiro atoms. The van der Waals surface area contributed by atoms with Gasteiger partial charge in [0.2, 0.25) is 5.88 Å². The maximum atomic E-state index is 12.8. The monoisotopic (exact) mass is 351 g/mol. The van der Waals surface area contributed by atoms with Crippen LogP contribution in [0.1, 0.15) is 32.7 Å². The van der Waals surface area contributed by atoms with Crippen LogP contribution < -0.4 is 4.74 Å². The standard InChI is InChI=1S/C19H17N3O4/c1-25-19(24)16-5-3-2-4-15(16)18(23)22-9-7-14(12-22)26-17-10-13(11-20)6-8-21-17/h2-6,8,10,14H,7,9,12H2,1H3. The van der Waals surface area contributed by atoms with Gasteiger partial charge in [0.05, 0.1) is 36.4 Å². The van der Waals surface area contributed by atoms with Crippen molar-refractivity contribution in [2.24, 2.45) is 0 Å². The number of carbonyl (C=O) groups excluding carboxylic acids is 2. The fraction of sp³-hybridized carbons (Fsp3) is 0.263. The summed E-state index contributed by atoms with van der Waals surface area (Å²) in [5, 5.41) is 8.93. The normalized spacial score (nSPS) is 16.0. The highest BCUT2D eigenvalue weighted by Crippen LogP contribution is 2.21. The number of nitriles is 1. The van der Waals surface area contributed by atoms with Gasteiger partial charge >= 0.3 is 5.97 Å². The highest BCUT2D eigenvalue weighted by atomic mass is 16.5. The average molecular weight is 351 g/mol. The Bertz CT molecular complexity index is 875. The number of amides is 1. The maximum Gasteiger partial charge on any atom is 0.338 e. The molecule has 1 aliphatic rings. The van der Waals surface area contributed by atoms with Crippen molar-refractivity contribution in [3.05, 3.63) is 59.3 Å². The Kier molecular flexibility index (Phi) is 5.13. The molecule has 132 valence electrons. The van der Waals surface area contributed by atoms with Gasteiger partial charge in [-0.1, -0.05) is 12.1 Å². The fourth-order valence-corrected chi connectivity index (χ4v) is 2.85. The number of methoxy groups -OCH3 is 1. The van der Waals surface area contributed by atoms with E-state index in [0.29, 0.717) is 36.5 Å². The Balaban J connectivity index is 1.70. The second-order valence-corrected chi connectivity index (χ2v) is 5.81. The van der Waals surface area contributed by atoms with Crippen LogP contribution in [-0.2, 0) is 4.74 Å². The van der Waals surface area contributed by atoms with E-state index in [-0.39, 0.29) is 17.6 Å². The number of carbonyl (C=O) groups is 2. The fourth-order valence-electron chi connectivity index (χ4n) is 2.85. The van der Waals surface area contributed by atoms with Crippen LogP contribution in [0.3, 0.4) is 0 Å². The van der Waals surface area contributed by atoms with Crippen molar-refractivity contribution in [1.29, 1.82) is 5.26 Å². The van der Waals surface area contributed by atoms with E-state index < -0.39 is 5.97 Å². The van der Waals surface area contributed by atoms with Crippen LogP contribution >= 0.6 is 0 Å². The zero-order chi connectivity index (χ0) is 18.5. The minimum absolute atomic E-state index is 0.217. The first kappa shape index (κ1) is 17.4. The van der Waals surface area contributed by atoms with Crippen LogP contribution in [0.4, 0.5) is 0 Å². The summed E-state index contributed by atoms with van der Waals surface area (Å²) in [5.74, 6) is -0.424. The molecule has 26 heavy (non-hydrogen) atoms. The first-order valence-corrected chi connectivity index (χ1v) is 8.12. The number of likely N-dealkylation sites (tertiary alicyclic amines) is 1. The molecule has 1 atom stereocenters. The van der Waals surface area contributed by atoms with Gasteiger partial charge in [0.25, 0.3) is 5.91 Å². The third-order valence-electron chi connectivity index (χ3n) is 4.15. The van der Waals surface area contributed by atoms with Crippen molar-refractivity contribution in [2.75, 3.05) is 20.2 Å². The molecule has 0 aliphatic carbocycles. The molecule has 1 fully saturated rings. The first-order valence-electron chi connectivity index (χ1n) is 8.12. The molecule has 0 saturated carbocycles. The molecule has 1 amide bonds. The highest BCUT2D eigenvalue weighted by Gasteiger charge is 2.30. The molecule has 2 aromatic rings. The molecule has 7 heteroatoms. The van der Waals surface area contributed by atoms with Crippen molar-refractivity contribution in [2.45, 2.75) is 12.5 Å². The number of pyridine rings is 1. The predicted molar refractivity (Wildman–Crippen MR) is 91.7 cm³/mol. The van der Waals surface area contributed by atoms with Gasteiger partial charge < -0.3 is 14.4 Å². The van der Waals surface area contributed by atoms with Crippen molar-refractivity contribution >= 4 is 11.9 Å². The van der Waals surface area contributed by atoms with Gasteiger partial charge in [-0.25, -0.2) is 9.78 Å². The number of rotatable bonds is 4. The first-order chi connectivity index (χ1) is 12.6. The van der Waals surface area contributed by atoms with E-state index in [1.807, 2.05) is 6.07 Å². The second-order valence-electron chi connectivity index (χ2n) is 5.81. The van der Waals surface area contributed by atoms with Crippen LogP contribution in [0.15, 0.2) is 42.6 Å². The quantitative estimate of drug-likeness (QED) is 0.783. The lowest BCUT2D eigenvalue weighted by Crippen LogP contribution is -2.32. The number of esters is 1. The molecule has 0 radical (unpaired) electrons. The molecule has 1 saturated heterocycles. The van der Waals surface area contributed by atoms with Crippen LogP contribution in [-0.4, -0.2) is 48.1 Å². The molecule has 1 aliphatic heterocycles. The Hall–Kier alpha value is -3.40. The van der Waals surface area contributed by atoms with E-state index in [9.17, 15) is 9.59 Å². The van der Waals surface area contributed by atoms with E-state index in [1.54, 1.807) is 41.3 Å².